The Bertz CT molecular complexity index is 1190. The fourth-order valence-corrected chi connectivity index (χ4v) is 3.02. The van der Waals surface area contributed by atoms with Crippen molar-refractivity contribution in [2.24, 2.45) is 0 Å². The Morgan fingerprint density at radius 2 is 1.70 bits per heavy atom. The van der Waals surface area contributed by atoms with E-state index < -0.39 is 17.2 Å². The molecule has 30 heavy (non-hydrogen) atoms. The number of benzene rings is 2. The molecule has 7 nitrogen and oxygen atoms in total. The zero-order chi connectivity index (χ0) is 21.8. The first-order chi connectivity index (χ1) is 14.3. The second-order valence-electron chi connectivity index (χ2n) is 7.44. The number of rotatable bonds is 6. The largest absolute Gasteiger partial charge is 0.352 e. The number of aromatic nitrogens is 3. The van der Waals surface area contributed by atoms with Crippen molar-refractivity contribution in [2.45, 2.75) is 40.7 Å². The molecule has 0 unspecified atom stereocenters. The third-order valence-corrected chi connectivity index (χ3v) is 5.01. The van der Waals surface area contributed by atoms with E-state index in [1.165, 1.54) is 0 Å². The molecule has 7 heteroatoms. The van der Waals surface area contributed by atoms with Gasteiger partial charge in [0.15, 0.2) is 0 Å². The third kappa shape index (κ3) is 4.40. The first-order valence-electron chi connectivity index (χ1n) is 9.97. The number of carbonyl (C=O) groups is 1. The Labute approximate surface area is 175 Å². The molecule has 3 aromatic rings. The Hall–Kier alpha value is -3.48. The molecule has 2 aromatic carbocycles. The summed E-state index contributed by atoms with van der Waals surface area (Å²) in [6.07, 6.45) is 0.722. The van der Waals surface area contributed by atoms with Gasteiger partial charge in [-0.3, -0.25) is 14.2 Å². The minimum absolute atomic E-state index is 0.0549. The molecule has 0 fully saturated rings. The lowest BCUT2D eigenvalue weighted by atomic mass is 10.1. The lowest BCUT2D eigenvalue weighted by Gasteiger charge is -2.13. The predicted octanol–water partition coefficient (Wildman–Crippen LogP) is 2.51. The van der Waals surface area contributed by atoms with Crippen molar-refractivity contribution in [3.8, 4) is 5.69 Å². The van der Waals surface area contributed by atoms with Gasteiger partial charge in [0.1, 0.15) is 0 Å². The normalized spacial score (nSPS) is 10.8. The van der Waals surface area contributed by atoms with Crippen LogP contribution in [0, 0.1) is 20.8 Å². The van der Waals surface area contributed by atoms with Crippen LogP contribution < -0.4 is 16.6 Å². The molecule has 0 aliphatic heterocycles. The van der Waals surface area contributed by atoms with Gasteiger partial charge in [-0.2, -0.15) is 9.78 Å². The molecule has 0 saturated carbocycles. The van der Waals surface area contributed by atoms with Crippen LogP contribution >= 0.6 is 0 Å². The quantitative estimate of drug-likeness (QED) is 0.682. The van der Waals surface area contributed by atoms with Crippen LogP contribution in [0.2, 0.25) is 0 Å². The Kier molecular flexibility index (Phi) is 6.30. The van der Waals surface area contributed by atoms with Gasteiger partial charge < -0.3 is 5.32 Å². The highest BCUT2D eigenvalue weighted by Gasteiger charge is 2.20. The maximum Gasteiger partial charge on any atom is 0.352 e. The summed E-state index contributed by atoms with van der Waals surface area (Å²) in [6, 6.07) is 13.0. The summed E-state index contributed by atoms with van der Waals surface area (Å²) in [6.45, 7) is 8.25. The molecule has 0 bridgehead atoms. The summed E-state index contributed by atoms with van der Waals surface area (Å²) in [5, 5.41) is 6.82. The number of carbonyl (C=O) groups excluding carboxylic acids is 1. The number of nitrogens with one attached hydrogen (secondary N) is 1. The molecule has 0 spiro atoms. The minimum Gasteiger partial charge on any atom is -0.350 e. The molecule has 3 rings (SSSR count). The maximum atomic E-state index is 13.2. The Balaban J connectivity index is 2.19. The highest BCUT2D eigenvalue weighted by molar-refractivity contribution is 5.91. The van der Waals surface area contributed by atoms with Crippen LogP contribution in [0.3, 0.4) is 0 Å². The average molecular weight is 406 g/mol. The summed E-state index contributed by atoms with van der Waals surface area (Å²) in [7, 11) is 0. The van der Waals surface area contributed by atoms with E-state index in [4.69, 9.17) is 0 Å². The van der Waals surface area contributed by atoms with Gasteiger partial charge in [0.05, 0.1) is 12.2 Å². The number of aryl methyl sites for hydroxylation is 3. The molecule has 1 heterocycles. The number of hydrogen-bond acceptors (Lipinski definition) is 4. The fraction of sp³-hybridized carbons (Fsp3) is 0.304. The molecule has 0 saturated heterocycles. The average Bonchev–Trinajstić information content (AvgIpc) is 2.73. The van der Waals surface area contributed by atoms with Crippen molar-refractivity contribution in [3.63, 3.8) is 0 Å². The van der Waals surface area contributed by atoms with Crippen LogP contribution in [0.15, 0.2) is 52.1 Å². The number of hydrogen-bond donors (Lipinski definition) is 1. The van der Waals surface area contributed by atoms with E-state index in [0.29, 0.717) is 12.2 Å². The summed E-state index contributed by atoms with van der Waals surface area (Å²) in [4.78, 5) is 38.8. The second-order valence-corrected chi connectivity index (χ2v) is 7.44. The van der Waals surface area contributed by atoms with Crippen LogP contribution in [0.25, 0.3) is 5.69 Å². The standard InChI is InChI=1S/C23H26N4O3/c1-5-12-24-21(28)20-22(29)26(14-18-9-6-15(2)7-10-18)23(30)27(25-20)19-11-8-16(3)17(4)13-19/h6-11,13H,5,12,14H2,1-4H3,(H,24,28). The van der Waals surface area contributed by atoms with E-state index >= 15 is 0 Å². The van der Waals surface area contributed by atoms with Crippen molar-refractivity contribution >= 4 is 5.91 Å². The third-order valence-electron chi connectivity index (χ3n) is 5.01. The van der Waals surface area contributed by atoms with Crippen LogP contribution in [-0.2, 0) is 6.54 Å². The predicted molar refractivity (Wildman–Crippen MR) is 116 cm³/mol. The molecule has 0 aliphatic rings. The number of nitrogens with zero attached hydrogens (tertiary/aromatic N) is 3. The molecule has 0 aliphatic carbocycles. The van der Waals surface area contributed by atoms with E-state index in [1.807, 2.05) is 64.1 Å². The smallest absolute Gasteiger partial charge is 0.350 e. The van der Waals surface area contributed by atoms with Crippen LogP contribution in [-0.4, -0.2) is 26.8 Å². The van der Waals surface area contributed by atoms with Crippen LogP contribution in [0.5, 0.6) is 0 Å². The lowest BCUT2D eigenvalue weighted by Crippen LogP contribution is -2.46. The van der Waals surface area contributed by atoms with Crippen LogP contribution in [0.1, 0.15) is 46.1 Å². The van der Waals surface area contributed by atoms with Gasteiger partial charge >= 0.3 is 5.69 Å². The molecular weight excluding hydrogens is 380 g/mol. The highest BCUT2D eigenvalue weighted by atomic mass is 16.2. The van der Waals surface area contributed by atoms with E-state index in [0.717, 1.165) is 37.9 Å². The highest BCUT2D eigenvalue weighted by Crippen LogP contribution is 2.12. The summed E-state index contributed by atoms with van der Waals surface area (Å²) >= 11 is 0. The van der Waals surface area contributed by atoms with E-state index in [2.05, 4.69) is 10.4 Å². The van der Waals surface area contributed by atoms with Crippen molar-refractivity contribution < 1.29 is 4.79 Å². The molecule has 1 amide bonds. The van der Waals surface area contributed by atoms with Gasteiger partial charge in [0, 0.05) is 6.54 Å². The van der Waals surface area contributed by atoms with Crippen molar-refractivity contribution in [2.75, 3.05) is 6.54 Å². The summed E-state index contributed by atoms with van der Waals surface area (Å²) < 4.78 is 2.19. The summed E-state index contributed by atoms with van der Waals surface area (Å²) in [5.74, 6) is -0.586. The fourth-order valence-electron chi connectivity index (χ4n) is 3.02. The zero-order valence-electron chi connectivity index (χ0n) is 17.7. The SMILES string of the molecule is CCCNC(=O)c1nn(-c2ccc(C)c(C)c2)c(=O)n(Cc2ccc(C)cc2)c1=O. The van der Waals surface area contributed by atoms with E-state index in [1.54, 1.807) is 6.07 Å². The van der Waals surface area contributed by atoms with Gasteiger partial charge in [0.25, 0.3) is 11.5 Å². The van der Waals surface area contributed by atoms with Gasteiger partial charge in [-0.25, -0.2) is 4.79 Å². The Morgan fingerprint density at radius 3 is 2.33 bits per heavy atom. The molecule has 156 valence electrons. The monoisotopic (exact) mass is 406 g/mol. The first kappa shape index (κ1) is 21.2. The molecule has 1 aromatic heterocycles. The summed E-state index contributed by atoms with van der Waals surface area (Å²) in [5.41, 5.74) is 2.84. The zero-order valence-corrected chi connectivity index (χ0v) is 17.7. The van der Waals surface area contributed by atoms with Gasteiger partial charge in [0.2, 0.25) is 5.69 Å². The van der Waals surface area contributed by atoms with Gasteiger partial charge in [-0.05, 0) is 56.0 Å². The molecule has 0 atom stereocenters. The first-order valence-corrected chi connectivity index (χ1v) is 9.97. The van der Waals surface area contributed by atoms with Crippen molar-refractivity contribution in [1.29, 1.82) is 0 Å². The van der Waals surface area contributed by atoms with Crippen LogP contribution in [0.4, 0.5) is 0 Å². The molecular formula is C23H26N4O3. The van der Waals surface area contributed by atoms with Gasteiger partial charge in [-0.1, -0.05) is 42.8 Å². The molecule has 0 radical (unpaired) electrons. The van der Waals surface area contributed by atoms with E-state index in [9.17, 15) is 14.4 Å². The second kappa shape index (κ2) is 8.90. The minimum atomic E-state index is -0.700. The lowest BCUT2D eigenvalue weighted by molar-refractivity contribution is 0.0944. The maximum absolute atomic E-state index is 13.2. The van der Waals surface area contributed by atoms with Crippen molar-refractivity contribution in [1.82, 2.24) is 19.7 Å². The van der Waals surface area contributed by atoms with E-state index in [-0.39, 0.29) is 12.2 Å². The topological polar surface area (TPSA) is 86.0 Å². The Morgan fingerprint density at radius 1 is 1.00 bits per heavy atom. The molecule has 1 N–H and O–H groups in total. The van der Waals surface area contributed by atoms with Gasteiger partial charge in [-0.15, -0.1) is 0 Å². The number of amides is 1. The van der Waals surface area contributed by atoms with Crippen molar-refractivity contribution in [3.05, 3.63) is 91.3 Å².